The van der Waals surface area contributed by atoms with E-state index < -0.39 is 12.0 Å². The fraction of sp³-hybridized carbons (Fsp3) is 0.889. The summed E-state index contributed by atoms with van der Waals surface area (Å²) in [5.41, 5.74) is 4.99. The monoisotopic (exact) mass is 186 g/mol. The van der Waals surface area contributed by atoms with Crippen LogP contribution in [0.1, 0.15) is 26.7 Å². The van der Waals surface area contributed by atoms with E-state index in [0.29, 0.717) is 18.6 Å². The van der Waals surface area contributed by atoms with Gasteiger partial charge in [0, 0.05) is 18.6 Å². The fourth-order valence-electron chi connectivity index (χ4n) is 1.90. The molecule has 0 spiro atoms. The van der Waals surface area contributed by atoms with E-state index in [9.17, 15) is 9.90 Å². The summed E-state index contributed by atoms with van der Waals surface area (Å²) in [6.45, 7) is 4.59. The number of aliphatic hydroxyl groups is 1. The van der Waals surface area contributed by atoms with Crippen LogP contribution in [0.5, 0.6) is 0 Å². The maximum atomic E-state index is 10.6. The van der Waals surface area contributed by atoms with E-state index in [0.717, 1.165) is 12.8 Å². The average molecular weight is 186 g/mol. The highest BCUT2D eigenvalue weighted by Crippen LogP contribution is 2.23. The summed E-state index contributed by atoms with van der Waals surface area (Å²) in [6.07, 6.45) is 1.24. The van der Waals surface area contributed by atoms with Gasteiger partial charge >= 0.3 is 0 Å². The van der Waals surface area contributed by atoms with E-state index in [1.807, 2.05) is 0 Å². The molecule has 1 heterocycles. The quantitative estimate of drug-likeness (QED) is 0.636. The van der Waals surface area contributed by atoms with E-state index in [4.69, 9.17) is 5.73 Å². The van der Waals surface area contributed by atoms with Gasteiger partial charge in [0.1, 0.15) is 6.10 Å². The molecule has 3 atom stereocenters. The lowest BCUT2D eigenvalue weighted by Crippen LogP contribution is -2.44. The standard InChI is InChI=1S/C9H18N2O2/c1-6-3-4-7(2)11(6)5-8(12)9(10)13/h6-8,12H,3-5H2,1-2H3,(H2,10,13)/t6?,7?,8-/m1/s1. The Labute approximate surface area is 78.7 Å². The number of rotatable bonds is 3. The lowest BCUT2D eigenvalue weighted by Gasteiger charge is -2.27. The van der Waals surface area contributed by atoms with Crippen LogP contribution in [0.3, 0.4) is 0 Å². The summed E-state index contributed by atoms with van der Waals surface area (Å²) in [5, 5.41) is 9.31. The number of carbonyl (C=O) groups excluding carboxylic acids is 1. The van der Waals surface area contributed by atoms with E-state index >= 15 is 0 Å². The summed E-state index contributed by atoms with van der Waals surface area (Å²) in [5.74, 6) is -0.633. The largest absolute Gasteiger partial charge is 0.382 e. The normalized spacial score (nSPS) is 31.9. The zero-order chi connectivity index (χ0) is 10.0. The number of aliphatic hydroxyl groups excluding tert-OH is 1. The first-order valence-corrected chi connectivity index (χ1v) is 4.75. The summed E-state index contributed by atoms with van der Waals surface area (Å²) in [6, 6.07) is 0.896. The smallest absolute Gasteiger partial charge is 0.247 e. The van der Waals surface area contributed by atoms with Crippen molar-refractivity contribution >= 4 is 5.91 Å². The predicted molar refractivity (Wildman–Crippen MR) is 50.1 cm³/mol. The van der Waals surface area contributed by atoms with Crippen LogP contribution in [0, 0.1) is 0 Å². The lowest BCUT2D eigenvalue weighted by atomic mass is 10.2. The number of β-amino-alcohol motifs (C(OH)–C–C–N with tert-alkyl or cyclic N) is 1. The second-order valence-electron chi connectivity index (χ2n) is 3.89. The van der Waals surface area contributed by atoms with Gasteiger partial charge < -0.3 is 10.8 Å². The number of nitrogens with zero attached hydrogens (tertiary/aromatic N) is 1. The number of likely N-dealkylation sites (tertiary alicyclic amines) is 1. The Morgan fingerprint density at radius 1 is 1.54 bits per heavy atom. The van der Waals surface area contributed by atoms with E-state index in [1.165, 1.54) is 0 Å². The van der Waals surface area contributed by atoms with Crippen molar-refractivity contribution in [3.05, 3.63) is 0 Å². The molecule has 0 aliphatic carbocycles. The average Bonchev–Trinajstić information content (AvgIpc) is 2.35. The molecular formula is C9H18N2O2. The summed E-state index contributed by atoms with van der Waals surface area (Å²) in [7, 11) is 0. The molecule has 1 rings (SSSR count). The van der Waals surface area contributed by atoms with Crippen molar-refractivity contribution in [3.63, 3.8) is 0 Å². The number of carbonyl (C=O) groups is 1. The number of primary amides is 1. The minimum atomic E-state index is -1.03. The van der Waals surface area contributed by atoms with Crippen molar-refractivity contribution in [2.45, 2.75) is 44.9 Å². The van der Waals surface area contributed by atoms with Crippen LogP contribution >= 0.6 is 0 Å². The Bertz CT molecular complexity index is 186. The number of nitrogens with two attached hydrogens (primary N) is 1. The Kier molecular flexibility index (Phi) is 3.27. The van der Waals surface area contributed by atoms with Gasteiger partial charge in [0.05, 0.1) is 0 Å². The molecule has 13 heavy (non-hydrogen) atoms. The maximum absolute atomic E-state index is 10.6. The van der Waals surface area contributed by atoms with Crippen molar-refractivity contribution in [2.24, 2.45) is 5.73 Å². The Hall–Kier alpha value is -0.610. The van der Waals surface area contributed by atoms with Crippen LogP contribution in [0.4, 0.5) is 0 Å². The van der Waals surface area contributed by atoms with Gasteiger partial charge in [0.15, 0.2) is 0 Å². The molecule has 1 saturated heterocycles. The SMILES string of the molecule is CC1CCC(C)N1C[C@@H](O)C(N)=O. The highest BCUT2D eigenvalue weighted by molar-refractivity contribution is 5.78. The first-order valence-electron chi connectivity index (χ1n) is 4.75. The van der Waals surface area contributed by atoms with Gasteiger partial charge in [-0.1, -0.05) is 0 Å². The van der Waals surface area contributed by atoms with Gasteiger partial charge in [0.2, 0.25) is 5.91 Å². The molecule has 0 bridgehead atoms. The van der Waals surface area contributed by atoms with E-state index in [-0.39, 0.29) is 0 Å². The third kappa shape index (κ3) is 2.42. The molecule has 1 fully saturated rings. The van der Waals surface area contributed by atoms with Crippen LogP contribution in [0.2, 0.25) is 0 Å². The molecule has 0 aromatic rings. The molecular weight excluding hydrogens is 168 g/mol. The number of amides is 1. The molecule has 1 amide bonds. The summed E-state index contributed by atoms with van der Waals surface area (Å²) in [4.78, 5) is 12.8. The van der Waals surface area contributed by atoms with Crippen molar-refractivity contribution in [2.75, 3.05) is 6.54 Å². The zero-order valence-electron chi connectivity index (χ0n) is 8.23. The second kappa shape index (κ2) is 4.07. The van der Waals surface area contributed by atoms with Crippen LogP contribution in [0.15, 0.2) is 0 Å². The van der Waals surface area contributed by atoms with Crippen molar-refractivity contribution in [1.29, 1.82) is 0 Å². The molecule has 4 nitrogen and oxygen atoms in total. The molecule has 2 unspecified atom stereocenters. The van der Waals surface area contributed by atoms with Crippen molar-refractivity contribution < 1.29 is 9.90 Å². The summed E-state index contributed by atoms with van der Waals surface area (Å²) < 4.78 is 0. The molecule has 1 aliphatic rings. The Balaban J connectivity index is 2.47. The molecule has 0 saturated carbocycles. The highest BCUT2D eigenvalue weighted by atomic mass is 16.3. The minimum Gasteiger partial charge on any atom is -0.382 e. The molecule has 3 N–H and O–H groups in total. The number of hydrogen-bond acceptors (Lipinski definition) is 3. The van der Waals surface area contributed by atoms with E-state index in [2.05, 4.69) is 18.7 Å². The van der Waals surface area contributed by atoms with Crippen LogP contribution in [-0.2, 0) is 4.79 Å². The van der Waals surface area contributed by atoms with Crippen LogP contribution in [-0.4, -0.2) is 40.6 Å². The van der Waals surface area contributed by atoms with Gasteiger partial charge in [-0.2, -0.15) is 0 Å². The topological polar surface area (TPSA) is 66.6 Å². The molecule has 76 valence electrons. The zero-order valence-corrected chi connectivity index (χ0v) is 8.23. The molecule has 4 heteroatoms. The Morgan fingerprint density at radius 2 is 2.00 bits per heavy atom. The van der Waals surface area contributed by atoms with Gasteiger partial charge in [-0.25, -0.2) is 0 Å². The second-order valence-corrected chi connectivity index (χ2v) is 3.89. The third-order valence-corrected chi connectivity index (χ3v) is 2.85. The Morgan fingerprint density at radius 3 is 2.38 bits per heavy atom. The van der Waals surface area contributed by atoms with Crippen molar-refractivity contribution in [3.8, 4) is 0 Å². The summed E-state index contributed by atoms with van der Waals surface area (Å²) >= 11 is 0. The minimum absolute atomic E-state index is 0.373. The fourth-order valence-corrected chi connectivity index (χ4v) is 1.90. The van der Waals surface area contributed by atoms with Crippen LogP contribution in [0.25, 0.3) is 0 Å². The van der Waals surface area contributed by atoms with Gasteiger partial charge in [-0.3, -0.25) is 9.69 Å². The predicted octanol–water partition coefficient (Wildman–Crippen LogP) is -0.295. The third-order valence-electron chi connectivity index (χ3n) is 2.85. The maximum Gasteiger partial charge on any atom is 0.247 e. The number of hydrogen-bond donors (Lipinski definition) is 2. The first-order chi connectivity index (χ1) is 6.02. The van der Waals surface area contributed by atoms with Gasteiger partial charge in [-0.05, 0) is 26.7 Å². The van der Waals surface area contributed by atoms with Gasteiger partial charge in [-0.15, -0.1) is 0 Å². The molecule has 1 aliphatic heterocycles. The highest BCUT2D eigenvalue weighted by Gasteiger charge is 2.29. The van der Waals surface area contributed by atoms with Gasteiger partial charge in [0.25, 0.3) is 0 Å². The molecule has 0 radical (unpaired) electrons. The molecule has 0 aromatic carbocycles. The van der Waals surface area contributed by atoms with E-state index in [1.54, 1.807) is 0 Å². The molecule has 0 aromatic heterocycles. The first kappa shape index (κ1) is 10.5. The van der Waals surface area contributed by atoms with Crippen LogP contribution < -0.4 is 5.73 Å². The van der Waals surface area contributed by atoms with Crippen molar-refractivity contribution in [1.82, 2.24) is 4.90 Å². The lowest BCUT2D eigenvalue weighted by molar-refractivity contribution is -0.127.